The van der Waals surface area contributed by atoms with E-state index in [-0.39, 0.29) is 0 Å². The van der Waals surface area contributed by atoms with Crippen molar-refractivity contribution in [2.45, 2.75) is 63.3 Å². The number of carboxylic acids is 1. The molecule has 0 spiro atoms. The smallest absolute Gasteiger partial charge is 0.335 e. The molecule has 2 fully saturated rings. The molecule has 4 rings (SSSR count). The van der Waals surface area contributed by atoms with Crippen LogP contribution in [-0.2, 0) is 6.54 Å². The number of benzene rings is 1. The highest BCUT2D eigenvalue weighted by Gasteiger charge is 2.23. The first-order chi connectivity index (χ1) is 13.7. The minimum atomic E-state index is -0.857. The van der Waals surface area contributed by atoms with Gasteiger partial charge in [-0.05, 0) is 55.8 Å². The van der Waals surface area contributed by atoms with Crippen LogP contribution in [0, 0.1) is 0 Å². The number of carboxylic acid groups (broad SMARTS) is 1. The van der Waals surface area contributed by atoms with Crippen LogP contribution in [0.3, 0.4) is 0 Å². The minimum absolute atomic E-state index is 0.376. The first-order valence-electron chi connectivity index (χ1n) is 10.6. The SMILES string of the molecule is O=C(O)c1cccc([C@H]2CCCN(Cc3cnc(C4CCCCC4)nc3)C2)c1. The molecule has 5 heteroatoms. The molecule has 5 nitrogen and oxygen atoms in total. The highest BCUT2D eigenvalue weighted by Crippen LogP contribution is 2.31. The van der Waals surface area contributed by atoms with E-state index in [9.17, 15) is 9.90 Å². The number of hydrogen-bond acceptors (Lipinski definition) is 4. The number of aromatic nitrogens is 2. The van der Waals surface area contributed by atoms with Crippen molar-refractivity contribution in [3.63, 3.8) is 0 Å². The van der Waals surface area contributed by atoms with Crippen molar-refractivity contribution < 1.29 is 9.90 Å². The van der Waals surface area contributed by atoms with Crippen LogP contribution in [0.4, 0.5) is 0 Å². The van der Waals surface area contributed by atoms with Crippen molar-refractivity contribution in [3.8, 4) is 0 Å². The average Bonchev–Trinajstić information content (AvgIpc) is 2.75. The zero-order valence-corrected chi connectivity index (χ0v) is 16.4. The lowest BCUT2D eigenvalue weighted by Crippen LogP contribution is -2.34. The van der Waals surface area contributed by atoms with Crippen molar-refractivity contribution in [1.82, 2.24) is 14.9 Å². The Morgan fingerprint density at radius 1 is 1.04 bits per heavy atom. The lowest BCUT2D eigenvalue weighted by Gasteiger charge is -2.33. The topological polar surface area (TPSA) is 66.3 Å². The monoisotopic (exact) mass is 379 g/mol. The second-order valence-electron chi connectivity index (χ2n) is 8.29. The third-order valence-electron chi connectivity index (χ3n) is 6.21. The lowest BCUT2D eigenvalue weighted by molar-refractivity contribution is 0.0696. The predicted octanol–water partition coefficient (Wildman–Crippen LogP) is 4.60. The van der Waals surface area contributed by atoms with Gasteiger partial charge in [0.2, 0.25) is 0 Å². The summed E-state index contributed by atoms with van der Waals surface area (Å²) < 4.78 is 0. The van der Waals surface area contributed by atoms with Crippen molar-refractivity contribution in [2.75, 3.05) is 13.1 Å². The van der Waals surface area contributed by atoms with Crippen LogP contribution in [0.2, 0.25) is 0 Å². The minimum Gasteiger partial charge on any atom is -0.478 e. The van der Waals surface area contributed by atoms with Gasteiger partial charge < -0.3 is 5.11 Å². The van der Waals surface area contributed by atoms with Crippen molar-refractivity contribution in [3.05, 3.63) is 59.2 Å². The maximum atomic E-state index is 11.3. The van der Waals surface area contributed by atoms with Crippen LogP contribution in [-0.4, -0.2) is 39.0 Å². The van der Waals surface area contributed by atoms with Crippen LogP contribution in [0.5, 0.6) is 0 Å². The molecule has 28 heavy (non-hydrogen) atoms. The molecule has 1 saturated carbocycles. The normalized spacial score (nSPS) is 21.5. The Labute approximate surface area is 166 Å². The molecule has 0 radical (unpaired) electrons. The summed E-state index contributed by atoms with van der Waals surface area (Å²) in [4.78, 5) is 23.0. The number of nitrogens with zero attached hydrogens (tertiary/aromatic N) is 3. The second-order valence-corrected chi connectivity index (χ2v) is 8.29. The van der Waals surface area contributed by atoms with Crippen LogP contribution >= 0.6 is 0 Å². The number of carbonyl (C=O) groups is 1. The maximum absolute atomic E-state index is 11.3. The average molecular weight is 380 g/mol. The molecule has 0 unspecified atom stereocenters. The lowest BCUT2D eigenvalue weighted by atomic mass is 9.88. The third-order valence-corrected chi connectivity index (χ3v) is 6.21. The van der Waals surface area contributed by atoms with Gasteiger partial charge in [-0.15, -0.1) is 0 Å². The largest absolute Gasteiger partial charge is 0.478 e. The van der Waals surface area contributed by atoms with Gasteiger partial charge in [-0.2, -0.15) is 0 Å². The Morgan fingerprint density at radius 2 is 1.79 bits per heavy atom. The van der Waals surface area contributed by atoms with E-state index in [0.717, 1.165) is 43.9 Å². The molecule has 1 aliphatic carbocycles. The highest BCUT2D eigenvalue weighted by atomic mass is 16.4. The molecule has 148 valence electrons. The van der Waals surface area contributed by atoms with Gasteiger partial charge in [0.15, 0.2) is 0 Å². The molecule has 2 aromatic rings. The van der Waals surface area contributed by atoms with Gasteiger partial charge in [0, 0.05) is 37.0 Å². The number of rotatable bonds is 5. The van der Waals surface area contributed by atoms with Gasteiger partial charge in [-0.1, -0.05) is 31.4 Å². The van der Waals surface area contributed by atoms with E-state index in [0.29, 0.717) is 17.4 Å². The maximum Gasteiger partial charge on any atom is 0.335 e. The van der Waals surface area contributed by atoms with Gasteiger partial charge in [0.05, 0.1) is 5.56 Å². The first-order valence-corrected chi connectivity index (χ1v) is 10.6. The predicted molar refractivity (Wildman–Crippen MR) is 109 cm³/mol. The molecule has 0 amide bonds. The molecular formula is C23H29N3O2. The Kier molecular flexibility index (Phi) is 6.01. The van der Waals surface area contributed by atoms with Gasteiger partial charge in [0.1, 0.15) is 5.82 Å². The fraction of sp³-hybridized carbons (Fsp3) is 0.522. The summed E-state index contributed by atoms with van der Waals surface area (Å²) in [5, 5.41) is 9.25. The Bertz CT molecular complexity index is 800. The fourth-order valence-electron chi connectivity index (χ4n) is 4.67. The number of piperidine rings is 1. The molecule has 1 aromatic carbocycles. The molecule has 0 bridgehead atoms. The molecule has 2 aliphatic rings. The van der Waals surface area contributed by atoms with E-state index in [1.165, 1.54) is 37.7 Å². The number of likely N-dealkylation sites (tertiary alicyclic amines) is 1. The van der Waals surface area contributed by atoms with Crippen LogP contribution in [0.15, 0.2) is 36.7 Å². The van der Waals surface area contributed by atoms with E-state index >= 15 is 0 Å². The van der Waals surface area contributed by atoms with Crippen LogP contribution in [0.25, 0.3) is 0 Å². The number of hydrogen-bond donors (Lipinski definition) is 1. The summed E-state index contributed by atoms with van der Waals surface area (Å²) in [7, 11) is 0. The van der Waals surface area contributed by atoms with Gasteiger partial charge in [0.25, 0.3) is 0 Å². The number of aromatic carboxylic acids is 1. The van der Waals surface area contributed by atoms with Crippen LogP contribution < -0.4 is 0 Å². The van der Waals surface area contributed by atoms with Crippen molar-refractivity contribution in [1.29, 1.82) is 0 Å². The molecular weight excluding hydrogens is 350 g/mol. The van der Waals surface area contributed by atoms with Crippen molar-refractivity contribution in [2.24, 2.45) is 0 Å². The summed E-state index contributed by atoms with van der Waals surface area (Å²) >= 11 is 0. The summed E-state index contributed by atoms with van der Waals surface area (Å²) in [5.74, 6) is 1.09. The van der Waals surface area contributed by atoms with E-state index < -0.39 is 5.97 Å². The molecule has 1 aromatic heterocycles. The second kappa shape index (κ2) is 8.82. The summed E-state index contributed by atoms with van der Waals surface area (Å²) in [6, 6.07) is 7.41. The van der Waals surface area contributed by atoms with E-state index in [2.05, 4.69) is 20.9 Å². The summed E-state index contributed by atoms with van der Waals surface area (Å²) in [5.41, 5.74) is 2.68. The quantitative estimate of drug-likeness (QED) is 0.822. The molecule has 1 saturated heterocycles. The Hall–Kier alpha value is -2.27. The zero-order chi connectivity index (χ0) is 19.3. The third kappa shape index (κ3) is 4.58. The molecule has 2 heterocycles. The van der Waals surface area contributed by atoms with E-state index in [1.807, 2.05) is 24.5 Å². The fourth-order valence-corrected chi connectivity index (χ4v) is 4.67. The summed E-state index contributed by atoms with van der Waals surface area (Å²) in [6.07, 6.45) is 12.6. The zero-order valence-electron chi connectivity index (χ0n) is 16.4. The van der Waals surface area contributed by atoms with Crippen molar-refractivity contribution >= 4 is 5.97 Å². The molecule has 1 aliphatic heterocycles. The Balaban J connectivity index is 1.38. The van der Waals surface area contributed by atoms with E-state index in [4.69, 9.17) is 0 Å². The van der Waals surface area contributed by atoms with Gasteiger partial charge in [-0.25, -0.2) is 14.8 Å². The highest BCUT2D eigenvalue weighted by molar-refractivity contribution is 5.87. The Morgan fingerprint density at radius 3 is 2.54 bits per heavy atom. The van der Waals surface area contributed by atoms with E-state index in [1.54, 1.807) is 6.07 Å². The first kappa shape index (κ1) is 19.1. The van der Waals surface area contributed by atoms with Gasteiger partial charge >= 0.3 is 5.97 Å². The van der Waals surface area contributed by atoms with Gasteiger partial charge in [-0.3, -0.25) is 4.90 Å². The molecule has 1 N–H and O–H groups in total. The summed E-state index contributed by atoms with van der Waals surface area (Å²) in [6.45, 7) is 2.88. The van der Waals surface area contributed by atoms with Crippen LogP contribution in [0.1, 0.15) is 84.1 Å². The standard InChI is InChI=1S/C23H29N3O2/c27-23(28)20-9-4-8-19(12-20)21-10-5-11-26(16-21)15-17-13-24-22(25-14-17)18-6-2-1-3-7-18/h4,8-9,12-14,18,21H,1-3,5-7,10-11,15-16H2,(H,27,28)/t21-/m0/s1. The molecule has 1 atom stereocenters.